The molecule has 0 aromatic heterocycles. The van der Waals surface area contributed by atoms with Gasteiger partial charge >= 0.3 is 5.97 Å². The molecule has 0 aliphatic heterocycles. The third-order valence-corrected chi connectivity index (χ3v) is 2.12. The number of esters is 1. The number of ether oxygens (including phenoxy) is 1. The molecule has 0 unspecified atom stereocenters. The Morgan fingerprint density at radius 2 is 1.74 bits per heavy atom. The molecule has 0 aliphatic rings. The number of hydrogen-bond donors (Lipinski definition) is 0. The van der Waals surface area contributed by atoms with Gasteiger partial charge in [0, 0.05) is 0 Å². The normalized spacial score (nSPS) is 10.9. The summed E-state index contributed by atoms with van der Waals surface area (Å²) in [5, 5.41) is 0. The van der Waals surface area contributed by atoms with Gasteiger partial charge in [0.15, 0.2) is 5.78 Å². The van der Waals surface area contributed by atoms with E-state index in [1.165, 1.54) is 18.2 Å². The zero-order valence-corrected chi connectivity index (χ0v) is 11.0. The van der Waals surface area contributed by atoms with Gasteiger partial charge in [-0.15, -0.1) is 0 Å². The molecule has 0 saturated heterocycles. The molecule has 0 radical (unpaired) electrons. The molecular formula is C14H15FO4. The van der Waals surface area contributed by atoms with E-state index in [4.69, 9.17) is 4.74 Å². The van der Waals surface area contributed by atoms with Crippen LogP contribution in [0.25, 0.3) is 0 Å². The summed E-state index contributed by atoms with van der Waals surface area (Å²) in [4.78, 5) is 34.6. The van der Waals surface area contributed by atoms with Crippen molar-refractivity contribution in [1.82, 2.24) is 0 Å². The van der Waals surface area contributed by atoms with Gasteiger partial charge in [-0.3, -0.25) is 9.59 Å². The van der Waals surface area contributed by atoms with Crippen molar-refractivity contribution >= 4 is 17.5 Å². The van der Waals surface area contributed by atoms with Gasteiger partial charge in [-0.05, 0) is 32.9 Å². The average molecular weight is 266 g/mol. The number of carbonyl (C=O) groups is 3. The largest absolute Gasteiger partial charge is 0.454 e. The smallest absolute Gasteiger partial charge is 0.375 e. The highest BCUT2D eigenvalue weighted by atomic mass is 19.1. The zero-order chi connectivity index (χ0) is 14.6. The quantitative estimate of drug-likeness (QED) is 0.363. The Hall–Kier alpha value is -2.04. The van der Waals surface area contributed by atoms with Crippen molar-refractivity contribution in [3.63, 3.8) is 0 Å². The third-order valence-electron chi connectivity index (χ3n) is 2.12. The van der Waals surface area contributed by atoms with Crippen LogP contribution in [-0.4, -0.2) is 23.1 Å². The molecule has 0 spiro atoms. The van der Waals surface area contributed by atoms with Crippen molar-refractivity contribution in [2.45, 2.75) is 32.8 Å². The molecule has 0 amide bonds. The van der Waals surface area contributed by atoms with Crippen molar-refractivity contribution in [3.05, 3.63) is 35.6 Å². The summed E-state index contributed by atoms with van der Waals surface area (Å²) in [6, 6.07) is 5.29. The van der Waals surface area contributed by atoms with Gasteiger partial charge in [-0.25, -0.2) is 9.18 Å². The van der Waals surface area contributed by atoms with Crippen LogP contribution in [0.5, 0.6) is 0 Å². The summed E-state index contributed by atoms with van der Waals surface area (Å²) in [7, 11) is 0. The highest BCUT2D eigenvalue weighted by molar-refractivity contribution is 6.38. The minimum absolute atomic E-state index is 0.209. The first-order chi connectivity index (χ1) is 8.70. The van der Waals surface area contributed by atoms with E-state index in [0.29, 0.717) is 0 Å². The van der Waals surface area contributed by atoms with E-state index < -0.39 is 35.4 Å². The number of Topliss-reactive ketones (excluding diaryl/α,β-unsaturated/α-hetero) is 2. The maximum Gasteiger partial charge on any atom is 0.375 e. The van der Waals surface area contributed by atoms with Gasteiger partial charge in [0.1, 0.15) is 11.4 Å². The number of halogens is 1. The molecule has 0 heterocycles. The number of benzene rings is 1. The van der Waals surface area contributed by atoms with E-state index in [9.17, 15) is 18.8 Å². The van der Waals surface area contributed by atoms with Crippen molar-refractivity contribution in [1.29, 1.82) is 0 Å². The first-order valence-corrected chi connectivity index (χ1v) is 5.74. The lowest BCUT2D eigenvalue weighted by atomic mass is 10.1. The first-order valence-electron chi connectivity index (χ1n) is 5.74. The topological polar surface area (TPSA) is 60.4 Å². The maximum atomic E-state index is 13.3. The maximum absolute atomic E-state index is 13.3. The van der Waals surface area contributed by atoms with Crippen LogP contribution < -0.4 is 0 Å². The predicted molar refractivity (Wildman–Crippen MR) is 66.2 cm³/mol. The van der Waals surface area contributed by atoms with Gasteiger partial charge in [0.05, 0.1) is 12.0 Å². The van der Waals surface area contributed by atoms with Crippen LogP contribution in [0, 0.1) is 5.82 Å². The van der Waals surface area contributed by atoms with Gasteiger partial charge in [0.2, 0.25) is 5.78 Å². The summed E-state index contributed by atoms with van der Waals surface area (Å²) in [5.74, 6) is -3.53. The zero-order valence-electron chi connectivity index (χ0n) is 11.0. The highest BCUT2D eigenvalue weighted by Crippen LogP contribution is 2.11. The fourth-order valence-electron chi connectivity index (χ4n) is 1.34. The van der Waals surface area contributed by atoms with Crippen molar-refractivity contribution in [3.8, 4) is 0 Å². The lowest BCUT2D eigenvalue weighted by Crippen LogP contribution is -2.30. The van der Waals surface area contributed by atoms with E-state index >= 15 is 0 Å². The Labute approximate surface area is 110 Å². The van der Waals surface area contributed by atoms with Gasteiger partial charge < -0.3 is 4.74 Å². The molecule has 4 nitrogen and oxygen atoms in total. The van der Waals surface area contributed by atoms with E-state index in [1.54, 1.807) is 20.8 Å². The van der Waals surface area contributed by atoms with Crippen LogP contribution in [0.15, 0.2) is 24.3 Å². The SMILES string of the molecule is CC(C)(C)OC(=O)C(=O)CC(=O)c1ccccc1F. The number of rotatable bonds is 4. The number of ketones is 2. The summed E-state index contributed by atoms with van der Waals surface area (Å²) in [6.45, 7) is 4.82. The molecule has 0 aliphatic carbocycles. The fourth-order valence-corrected chi connectivity index (χ4v) is 1.34. The second-order valence-electron chi connectivity index (χ2n) is 5.00. The van der Waals surface area contributed by atoms with Crippen molar-refractivity contribution < 1.29 is 23.5 Å². The van der Waals surface area contributed by atoms with Crippen LogP contribution in [0.1, 0.15) is 37.6 Å². The molecule has 0 fully saturated rings. The molecule has 0 saturated carbocycles. The Morgan fingerprint density at radius 1 is 1.16 bits per heavy atom. The average Bonchev–Trinajstić information content (AvgIpc) is 2.27. The Balaban J connectivity index is 2.70. The van der Waals surface area contributed by atoms with E-state index in [1.807, 2.05) is 0 Å². The second kappa shape index (κ2) is 5.73. The standard InChI is InChI=1S/C14H15FO4/c1-14(2,3)19-13(18)12(17)8-11(16)9-6-4-5-7-10(9)15/h4-7H,8H2,1-3H3. The third kappa shape index (κ3) is 4.62. The lowest BCUT2D eigenvalue weighted by Gasteiger charge is -2.18. The minimum atomic E-state index is -1.09. The summed E-state index contributed by atoms with van der Waals surface area (Å²) in [5.41, 5.74) is -1.02. The minimum Gasteiger partial charge on any atom is -0.454 e. The van der Waals surface area contributed by atoms with Crippen molar-refractivity contribution in [2.75, 3.05) is 0 Å². The van der Waals surface area contributed by atoms with Crippen molar-refractivity contribution in [2.24, 2.45) is 0 Å². The molecule has 0 atom stereocenters. The monoisotopic (exact) mass is 266 g/mol. The second-order valence-corrected chi connectivity index (χ2v) is 5.00. The number of carbonyl (C=O) groups excluding carboxylic acids is 3. The van der Waals surface area contributed by atoms with E-state index in [2.05, 4.69) is 0 Å². The molecule has 0 bridgehead atoms. The summed E-state index contributed by atoms with van der Waals surface area (Å²) in [6.07, 6.45) is -0.699. The van der Waals surface area contributed by atoms with Crippen LogP contribution >= 0.6 is 0 Å². The first kappa shape index (κ1) is 15.0. The molecule has 102 valence electrons. The van der Waals surface area contributed by atoms with Crippen LogP contribution in [-0.2, 0) is 14.3 Å². The van der Waals surface area contributed by atoms with Gasteiger partial charge in [-0.1, -0.05) is 12.1 Å². The summed E-state index contributed by atoms with van der Waals surface area (Å²) < 4.78 is 18.1. The summed E-state index contributed by atoms with van der Waals surface area (Å²) >= 11 is 0. The lowest BCUT2D eigenvalue weighted by molar-refractivity contribution is -0.162. The number of hydrogen-bond acceptors (Lipinski definition) is 4. The van der Waals surface area contributed by atoms with Gasteiger partial charge in [-0.2, -0.15) is 0 Å². The predicted octanol–water partition coefficient (Wildman–Crippen LogP) is 2.31. The van der Waals surface area contributed by atoms with E-state index in [0.717, 1.165) is 6.07 Å². The molecule has 1 aromatic rings. The Bertz CT molecular complexity index is 514. The molecule has 0 N–H and O–H groups in total. The van der Waals surface area contributed by atoms with Crippen LogP contribution in [0.2, 0.25) is 0 Å². The molecular weight excluding hydrogens is 251 g/mol. The fraction of sp³-hybridized carbons (Fsp3) is 0.357. The highest BCUT2D eigenvalue weighted by Gasteiger charge is 2.25. The molecule has 1 rings (SSSR count). The van der Waals surface area contributed by atoms with Crippen LogP contribution in [0.3, 0.4) is 0 Å². The Kier molecular flexibility index (Phi) is 4.53. The van der Waals surface area contributed by atoms with Crippen LogP contribution in [0.4, 0.5) is 4.39 Å². The molecule has 19 heavy (non-hydrogen) atoms. The molecule has 5 heteroatoms. The Morgan fingerprint density at radius 3 is 2.26 bits per heavy atom. The van der Waals surface area contributed by atoms with Gasteiger partial charge in [0.25, 0.3) is 0 Å². The molecule has 1 aromatic carbocycles. The van der Waals surface area contributed by atoms with E-state index in [-0.39, 0.29) is 5.56 Å².